The number of hydrogen-bond acceptors (Lipinski definition) is 3. The van der Waals surface area contributed by atoms with E-state index < -0.39 is 0 Å². The Labute approximate surface area is 107 Å². The number of H-pyrrole nitrogens is 1. The van der Waals surface area contributed by atoms with Gasteiger partial charge in [0.25, 0.3) is 0 Å². The lowest BCUT2D eigenvalue weighted by Crippen LogP contribution is -2.33. The van der Waals surface area contributed by atoms with Crippen LogP contribution in [0, 0.1) is 0 Å². The van der Waals surface area contributed by atoms with Crippen LogP contribution >= 0.6 is 0 Å². The number of rotatable bonds is 5. The van der Waals surface area contributed by atoms with Crippen LogP contribution in [0.2, 0.25) is 0 Å². The van der Waals surface area contributed by atoms with Gasteiger partial charge in [-0.05, 0) is 44.6 Å². The van der Waals surface area contributed by atoms with E-state index in [2.05, 4.69) is 17.2 Å². The Morgan fingerprint density at radius 2 is 2.39 bits per heavy atom. The highest BCUT2D eigenvalue weighted by Gasteiger charge is 2.21. The third-order valence-corrected chi connectivity index (χ3v) is 3.61. The maximum atomic E-state index is 11.3. The Kier molecular flexibility index (Phi) is 4.55. The van der Waals surface area contributed by atoms with Gasteiger partial charge >= 0.3 is 0 Å². The molecular weight excluding hydrogens is 228 g/mol. The monoisotopic (exact) mass is 250 g/mol. The summed E-state index contributed by atoms with van der Waals surface area (Å²) in [6.45, 7) is 2.40. The molecule has 1 aliphatic rings. The van der Waals surface area contributed by atoms with Gasteiger partial charge in [0, 0.05) is 30.5 Å². The Bertz CT molecular complexity index is 442. The molecule has 1 aliphatic carbocycles. The van der Waals surface area contributed by atoms with Gasteiger partial charge in [0.2, 0.25) is 5.56 Å². The minimum atomic E-state index is -0.0114. The summed E-state index contributed by atoms with van der Waals surface area (Å²) < 4.78 is 0. The van der Waals surface area contributed by atoms with Crippen LogP contribution in [0.15, 0.2) is 16.9 Å². The minimum Gasteiger partial charge on any atom is -0.396 e. The molecule has 0 saturated heterocycles. The number of aliphatic hydroxyl groups is 1. The first-order valence-electron chi connectivity index (χ1n) is 6.79. The number of aromatic nitrogens is 1. The molecule has 4 nitrogen and oxygen atoms in total. The SMILES string of the molecule is CC(CCCO)NC1CCCc2[nH]c(=O)ccc21. The summed E-state index contributed by atoms with van der Waals surface area (Å²) in [5.41, 5.74) is 2.31. The fraction of sp³-hybridized carbons (Fsp3) is 0.643. The van der Waals surface area contributed by atoms with Gasteiger partial charge in [-0.3, -0.25) is 4.79 Å². The summed E-state index contributed by atoms with van der Waals surface area (Å²) in [6, 6.07) is 4.28. The van der Waals surface area contributed by atoms with E-state index in [0.29, 0.717) is 12.1 Å². The largest absolute Gasteiger partial charge is 0.396 e. The van der Waals surface area contributed by atoms with E-state index in [0.717, 1.165) is 37.8 Å². The standard InChI is InChI=1S/C14H22N2O2/c1-10(4-3-9-17)15-12-5-2-6-13-11(12)7-8-14(18)16-13/h7-8,10,12,15,17H,2-6,9H2,1H3,(H,16,18). The zero-order valence-corrected chi connectivity index (χ0v) is 10.9. The van der Waals surface area contributed by atoms with Crippen molar-refractivity contribution in [3.8, 4) is 0 Å². The van der Waals surface area contributed by atoms with E-state index in [4.69, 9.17) is 5.11 Å². The third kappa shape index (κ3) is 3.21. The van der Waals surface area contributed by atoms with Crippen LogP contribution in [0.1, 0.15) is 49.9 Å². The second-order valence-electron chi connectivity index (χ2n) is 5.13. The van der Waals surface area contributed by atoms with Gasteiger partial charge in [-0.25, -0.2) is 0 Å². The Balaban J connectivity index is 2.05. The van der Waals surface area contributed by atoms with Crippen molar-refractivity contribution in [2.45, 2.75) is 51.1 Å². The topological polar surface area (TPSA) is 65.1 Å². The molecule has 0 fully saturated rings. The molecule has 1 aromatic heterocycles. The molecule has 1 heterocycles. The molecule has 3 N–H and O–H groups in total. The van der Waals surface area contributed by atoms with Crippen molar-refractivity contribution in [1.82, 2.24) is 10.3 Å². The van der Waals surface area contributed by atoms with Crippen molar-refractivity contribution in [3.63, 3.8) is 0 Å². The van der Waals surface area contributed by atoms with Gasteiger partial charge < -0.3 is 15.4 Å². The molecule has 0 radical (unpaired) electrons. The van der Waals surface area contributed by atoms with Gasteiger partial charge in [0.15, 0.2) is 0 Å². The molecule has 2 atom stereocenters. The lowest BCUT2D eigenvalue weighted by molar-refractivity contribution is 0.272. The molecule has 0 aromatic carbocycles. The maximum Gasteiger partial charge on any atom is 0.248 e. The summed E-state index contributed by atoms with van der Waals surface area (Å²) in [5, 5.41) is 12.4. The van der Waals surface area contributed by atoms with Crippen LogP contribution in [0.4, 0.5) is 0 Å². The van der Waals surface area contributed by atoms with Gasteiger partial charge in [-0.2, -0.15) is 0 Å². The summed E-state index contributed by atoms with van der Waals surface area (Å²) in [5.74, 6) is 0. The molecule has 2 rings (SSSR count). The van der Waals surface area contributed by atoms with Crippen molar-refractivity contribution in [3.05, 3.63) is 33.7 Å². The highest BCUT2D eigenvalue weighted by atomic mass is 16.2. The van der Waals surface area contributed by atoms with E-state index in [1.807, 2.05) is 6.07 Å². The van der Waals surface area contributed by atoms with Crippen LogP contribution in [0.3, 0.4) is 0 Å². The summed E-state index contributed by atoms with van der Waals surface area (Å²) in [7, 11) is 0. The lowest BCUT2D eigenvalue weighted by Gasteiger charge is -2.28. The zero-order chi connectivity index (χ0) is 13.0. The first-order chi connectivity index (χ1) is 8.70. The quantitative estimate of drug-likeness (QED) is 0.742. The number of hydrogen-bond donors (Lipinski definition) is 3. The normalized spacial score (nSPS) is 20.4. The smallest absolute Gasteiger partial charge is 0.248 e. The van der Waals surface area contributed by atoms with E-state index in [1.165, 1.54) is 5.56 Å². The second kappa shape index (κ2) is 6.16. The van der Waals surface area contributed by atoms with Crippen molar-refractivity contribution >= 4 is 0 Å². The molecule has 4 heteroatoms. The molecule has 2 unspecified atom stereocenters. The van der Waals surface area contributed by atoms with Crippen molar-refractivity contribution < 1.29 is 5.11 Å². The Hall–Kier alpha value is -1.13. The number of fused-ring (bicyclic) bond motifs is 1. The third-order valence-electron chi connectivity index (χ3n) is 3.61. The molecule has 0 saturated carbocycles. The minimum absolute atomic E-state index is 0.0114. The number of nitrogens with one attached hydrogen (secondary N) is 2. The fourth-order valence-electron chi connectivity index (χ4n) is 2.70. The molecule has 0 bridgehead atoms. The Morgan fingerprint density at radius 1 is 1.56 bits per heavy atom. The van der Waals surface area contributed by atoms with Crippen LogP contribution in [-0.2, 0) is 6.42 Å². The fourth-order valence-corrected chi connectivity index (χ4v) is 2.70. The van der Waals surface area contributed by atoms with Crippen LogP contribution < -0.4 is 10.9 Å². The van der Waals surface area contributed by atoms with E-state index in [9.17, 15) is 4.79 Å². The number of pyridine rings is 1. The van der Waals surface area contributed by atoms with E-state index in [1.54, 1.807) is 6.07 Å². The van der Waals surface area contributed by atoms with Crippen LogP contribution in [-0.4, -0.2) is 22.7 Å². The zero-order valence-electron chi connectivity index (χ0n) is 10.9. The predicted molar refractivity (Wildman–Crippen MR) is 71.7 cm³/mol. The molecule has 100 valence electrons. The van der Waals surface area contributed by atoms with Crippen molar-refractivity contribution in [2.24, 2.45) is 0 Å². The highest BCUT2D eigenvalue weighted by molar-refractivity contribution is 5.26. The van der Waals surface area contributed by atoms with Crippen LogP contribution in [0.25, 0.3) is 0 Å². The van der Waals surface area contributed by atoms with E-state index in [-0.39, 0.29) is 12.2 Å². The highest BCUT2D eigenvalue weighted by Crippen LogP contribution is 2.28. The summed E-state index contributed by atoms with van der Waals surface area (Å²) in [4.78, 5) is 14.2. The van der Waals surface area contributed by atoms with Crippen molar-refractivity contribution in [1.29, 1.82) is 0 Å². The first-order valence-corrected chi connectivity index (χ1v) is 6.79. The van der Waals surface area contributed by atoms with Gasteiger partial charge in [0.1, 0.15) is 0 Å². The Morgan fingerprint density at radius 3 is 3.17 bits per heavy atom. The van der Waals surface area contributed by atoms with Crippen molar-refractivity contribution in [2.75, 3.05) is 6.61 Å². The first kappa shape index (κ1) is 13.3. The number of aliphatic hydroxyl groups excluding tert-OH is 1. The van der Waals surface area contributed by atoms with Gasteiger partial charge in [-0.15, -0.1) is 0 Å². The molecular formula is C14H22N2O2. The molecule has 18 heavy (non-hydrogen) atoms. The maximum absolute atomic E-state index is 11.3. The predicted octanol–water partition coefficient (Wildman–Crippen LogP) is 1.50. The van der Waals surface area contributed by atoms with Gasteiger partial charge in [-0.1, -0.05) is 6.07 Å². The summed E-state index contributed by atoms with van der Waals surface area (Å²) in [6.07, 6.45) is 5.00. The van der Waals surface area contributed by atoms with E-state index >= 15 is 0 Å². The number of aromatic amines is 1. The second-order valence-corrected chi connectivity index (χ2v) is 5.13. The summed E-state index contributed by atoms with van der Waals surface area (Å²) >= 11 is 0. The lowest BCUT2D eigenvalue weighted by atomic mass is 9.90. The molecule has 0 aliphatic heterocycles. The number of aryl methyl sites for hydroxylation is 1. The van der Waals surface area contributed by atoms with Crippen LogP contribution in [0.5, 0.6) is 0 Å². The molecule has 0 amide bonds. The van der Waals surface area contributed by atoms with Gasteiger partial charge in [0.05, 0.1) is 0 Å². The molecule has 0 spiro atoms. The molecule has 1 aromatic rings. The average Bonchev–Trinajstić information content (AvgIpc) is 2.36. The average molecular weight is 250 g/mol.